The van der Waals surface area contributed by atoms with E-state index in [0.29, 0.717) is 56.3 Å². The third kappa shape index (κ3) is 4.16. The number of aliphatic hydroxyl groups is 2. The number of carboxylic acids is 1. The Morgan fingerprint density at radius 1 is 1.30 bits per heavy atom. The van der Waals surface area contributed by atoms with E-state index in [1.807, 2.05) is 11.1 Å². The zero-order valence-electron chi connectivity index (χ0n) is 26.3. The normalized spacial score (nSPS) is 45.7. The average Bonchev–Trinajstić information content (AvgIpc) is 3.37. The van der Waals surface area contributed by atoms with E-state index in [2.05, 4.69) is 40.8 Å². The van der Waals surface area contributed by atoms with Crippen LogP contribution in [-0.4, -0.2) is 95.8 Å². The van der Waals surface area contributed by atoms with Gasteiger partial charge in [-0.05, 0) is 80.6 Å². The van der Waals surface area contributed by atoms with Crippen molar-refractivity contribution in [3.8, 4) is 0 Å². The van der Waals surface area contributed by atoms with E-state index in [1.165, 1.54) is 0 Å². The number of allylic oxidation sites excluding steroid dienone is 1. The fraction of sp³-hybridized carbons (Fsp3) is 0.765. The van der Waals surface area contributed by atoms with Crippen LogP contribution in [0.3, 0.4) is 0 Å². The van der Waals surface area contributed by atoms with Gasteiger partial charge in [0.25, 0.3) is 0 Å². The lowest BCUT2D eigenvalue weighted by Crippen LogP contribution is -2.63. The number of ether oxygens (including phenoxy) is 1. The molecule has 10 heteroatoms. The number of hydrogen-bond donors (Lipinski definition) is 6. The highest BCUT2D eigenvalue weighted by Crippen LogP contribution is 2.77. The van der Waals surface area contributed by atoms with Gasteiger partial charge >= 0.3 is 5.97 Å². The number of rotatable bonds is 8. The minimum Gasteiger partial charge on any atom is -0.478 e. The predicted molar refractivity (Wildman–Crippen MR) is 167 cm³/mol. The third-order valence-corrected chi connectivity index (χ3v) is 13.3. The number of aliphatic imine (C=N–C) groups is 1. The second-order valence-electron chi connectivity index (χ2n) is 15.0. The first-order valence-corrected chi connectivity index (χ1v) is 16.9. The maximum atomic E-state index is 13.3. The molecule has 2 spiro atoms. The maximum Gasteiger partial charge on any atom is 0.334 e. The van der Waals surface area contributed by atoms with E-state index in [4.69, 9.17) is 10.5 Å². The van der Waals surface area contributed by atoms with Crippen LogP contribution in [0.15, 0.2) is 40.6 Å². The van der Waals surface area contributed by atoms with Gasteiger partial charge < -0.3 is 41.3 Å². The van der Waals surface area contributed by atoms with Gasteiger partial charge in [-0.3, -0.25) is 4.99 Å². The van der Waals surface area contributed by atoms with E-state index in [9.17, 15) is 20.1 Å². The number of nitrogens with one attached hydrogen (secondary N) is 2. The van der Waals surface area contributed by atoms with Gasteiger partial charge in [-0.1, -0.05) is 25.2 Å². The third-order valence-electron chi connectivity index (χ3n) is 13.3. The van der Waals surface area contributed by atoms with Gasteiger partial charge in [0, 0.05) is 62.2 Å². The number of nitrogens with zero attached hydrogens (tertiary/aromatic N) is 2. The second-order valence-corrected chi connectivity index (χ2v) is 15.0. The number of carboxylic acid groups (broad SMARTS) is 1. The molecule has 0 aromatic rings. The van der Waals surface area contributed by atoms with Crippen LogP contribution in [0, 0.1) is 40.4 Å². The minimum absolute atomic E-state index is 0.0167. The molecule has 2 aliphatic heterocycles. The number of fused-ring (bicyclic) bond motifs is 1. The zero-order chi connectivity index (χ0) is 30.9. The molecule has 10 atom stereocenters. The molecule has 1 saturated heterocycles. The van der Waals surface area contributed by atoms with E-state index in [1.54, 1.807) is 7.05 Å². The number of aliphatic carboxylic acids is 1. The molecule has 3 saturated carbocycles. The van der Waals surface area contributed by atoms with Crippen LogP contribution < -0.4 is 16.4 Å². The van der Waals surface area contributed by atoms with Crippen molar-refractivity contribution in [2.24, 2.45) is 51.1 Å². The summed E-state index contributed by atoms with van der Waals surface area (Å²) in [6, 6.07) is 0.402. The molecule has 4 bridgehead atoms. The lowest BCUT2D eigenvalue weighted by Gasteiger charge is -2.61. The van der Waals surface area contributed by atoms with Crippen LogP contribution in [0.2, 0.25) is 0 Å². The Morgan fingerprint density at radius 2 is 2.14 bits per heavy atom. The molecule has 242 valence electrons. The fourth-order valence-electron chi connectivity index (χ4n) is 11.5. The van der Waals surface area contributed by atoms with E-state index in [0.717, 1.165) is 50.6 Å². The SMILES string of the molecule is CN=C(N)N1C=C[C@H](CNCCO)[C@@]2(C1)[C@@H]1CC[C@@H](C)[C@]23C[C@](O)(CO[C@@]24C=C[C@H]5CN[C@@H](CCC2)[C@@H]4C5)C(C(=O)O)=C3C1. The molecule has 0 radical (unpaired) electrons. The topological polar surface area (TPSA) is 153 Å². The van der Waals surface area contributed by atoms with Crippen LogP contribution in [0.4, 0.5) is 0 Å². The number of carbonyl (C=O) groups is 1. The van der Waals surface area contributed by atoms with Crippen molar-refractivity contribution in [3.63, 3.8) is 0 Å². The lowest BCUT2D eigenvalue weighted by atomic mass is 9.46. The van der Waals surface area contributed by atoms with Crippen LogP contribution >= 0.6 is 0 Å². The zero-order valence-corrected chi connectivity index (χ0v) is 26.3. The van der Waals surface area contributed by atoms with Crippen molar-refractivity contribution < 1.29 is 24.9 Å². The molecule has 2 heterocycles. The molecule has 44 heavy (non-hydrogen) atoms. The summed E-state index contributed by atoms with van der Waals surface area (Å²) in [7, 11) is 1.69. The van der Waals surface area contributed by atoms with E-state index in [-0.39, 0.29) is 42.0 Å². The molecule has 7 aliphatic rings. The first-order valence-electron chi connectivity index (χ1n) is 16.9. The standard InChI is InChI=1S/C34H51N5O5/c1-21-5-6-23-15-26-28(29(41)42)31(43,20-44-32-9-3-4-27-25(32)14-22(7-10-32)16-38-27)18-33(21,26)34(23)19-39(30(35)36-2)12-8-24(34)17-37-11-13-40/h7-8,10,12,21-25,27,37-38,40,43H,3-6,9,11,13-20H2,1-2H3,(H2,35,36)(H,41,42)/t21-,22-,23-,24-,25+,27+,31+,32-,33+,34-/m1/s1. The molecule has 0 unspecified atom stereocenters. The molecule has 4 fully saturated rings. The Labute approximate surface area is 260 Å². The summed E-state index contributed by atoms with van der Waals surface area (Å²) in [5.74, 6) is 0.743. The minimum atomic E-state index is -1.60. The van der Waals surface area contributed by atoms with Crippen LogP contribution in [0.25, 0.3) is 0 Å². The van der Waals surface area contributed by atoms with Crippen molar-refractivity contribution >= 4 is 11.9 Å². The molecule has 0 aromatic heterocycles. The number of aliphatic hydroxyl groups excluding tert-OH is 1. The first-order chi connectivity index (χ1) is 21.1. The molecular formula is C34H51N5O5. The van der Waals surface area contributed by atoms with Gasteiger partial charge in [-0.15, -0.1) is 0 Å². The molecule has 7 rings (SSSR count). The second kappa shape index (κ2) is 10.9. The Balaban J connectivity index is 1.29. The fourth-order valence-corrected chi connectivity index (χ4v) is 11.5. The highest BCUT2D eigenvalue weighted by molar-refractivity contribution is 5.92. The van der Waals surface area contributed by atoms with Crippen LogP contribution in [0.5, 0.6) is 0 Å². The summed E-state index contributed by atoms with van der Waals surface area (Å²) in [6.07, 6.45) is 15.9. The van der Waals surface area contributed by atoms with Gasteiger partial charge in [-0.25, -0.2) is 4.79 Å². The molecular weight excluding hydrogens is 558 g/mol. The first kappa shape index (κ1) is 30.4. The van der Waals surface area contributed by atoms with E-state index >= 15 is 0 Å². The number of nitrogens with two attached hydrogens (primary N) is 1. The Hall–Kier alpha value is -2.24. The van der Waals surface area contributed by atoms with Crippen molar-refractivity contribution in [2.45, 2.75) is 75.5 Å². The monoisotopic (exact) mass is 609 g/mol. The Morgan fingerprint density at radius 3 is 2.91 bits per heavy atom. The van der Waals surface area contributed by atoms with Gasteiger partial charge in [0.2, 0.25) is 0 Å². The quantitative estimate of drug-likeness (QED) is 0.105. The van der Waals surface area contributed by atoms with E-state index < -0.39 is 22.6 Å². The molecule has 0 aromatic carbocycles. The predicted octanol–water partition coefficient (Wildman–Crippen LogP) is 2.00. The highest BCUT2D eigenvalue weighted by atomic mass is 16.5. The summed E-state index contributed by atoms with van der Waals surface area (Å²) in [4.78, 5) is 19.6. The summed E-state index contributed by atoms with van der Waals surface area (Å²) in [5.41, 5.74) is 4.56. The average molecular weight is 610 g/mol. The Bertz CT molecular complexity index is 1300. The molecule has 7 N–H and O–H groups in total. The van der Waals surface area contributed by atoms with Crippen molar-refractivity contribution in [3.05, 3.63) is 35.6 Å². The number of guanidine groups is 1. The number of piperidine rings is 1. The lowest BCUT2D eigenvalue weighted by molar-refractivity contribution is -0.163. The van der Waals surface area contributed by atoms with Gasteiger partial charge in [0.1, 0.15) is 5.60 Å². The number of hydrogen-bond acceptors (Lipinski definition) is 7. The molecule has 10 nitrogen and oxygen atoms in total. The van der Waals surface area contributed by atoms with Crippen LogP contribution in [0.1, 0.15) is 58.3 Å². The smallest absolute Gasteiger partial charge is 0.334 e. The van der Waals surface area contributed by atoms with Crippen molar-refractivity contribution in [1.29, 1.82) is 0 Å². The van der Waals surface area contributed by atoms with Gasteiger partial charge in [-0.2, -0.15) is 0 Å². The molecule has 0 amide bonds. The highest BCUT2D eigenvalue weighted by Gasteiger charge is 2.75. The van der Waals surface area contributed by atoms with Gasteiger partial charge in [0.15, 0.2) is 5.96 Å². The summed E-state index contributed by atoms with van der Waals surface area (Å²) in [5, 5.41) is 40.3. The maximum absolute atomic E-state index is 13.3. The summed E-state index contributed by atoms with van der Waals surface area (Å²) in [6.45, 7) is 5.06. The Kier molecular flexibility index (Phi) is 7.56. The molecule has 5 aliphatic carbocycles. The van der Waals surface area contributed by atoms with Crippen molar-refractivity contribution in [2.75, 3.05) is 46.4 Å². The van der Waals surface area contributed by atoms with Crippen LogP contribution in [-0.2, 0) is 9.53 Å². The van der Waals surface area contributed by atoms with Gasteiger partial charge in [0.05, 0.1) is 24.4 Å². The largest absolute Gasteiger partial charge is 0.478 e. The summed E-state index contributed by atoms with van der Waals surface area (Å²) < 4.78 is 6.91. The summed E-state index contributed by atoms with van der Waals surface area (Å²) >= 11 is 0. The van der Waals surface area contributed by atoms with Crippen molar-refractivity contribution in [1.82, 2.24) is 15.5 Å².